The first-order valence-electron chi connectivity index (χ1n) is 6.26. The number of ether oxygens (including phenoxy) is 1. The van der Waals surface area contributed by atoms with E-state index in [1.807, 2.05) is 24.3 Å². The summed E-state index contributed by atoms with van der Waals surface area (Å²) in [6, 6.07) is 7.91. The molecule has 0 amide bonds. The quantitative estimate of drug-likeness (QED) is 0.760. The van der Waals surface area contributed by atoms with Gasteiger partial charge in [-0.25, -0.2) is 4.98 Å². The van der Waals surface area contributed by atoms with Gasteiger partial charge in [-0.05, 0) is 24.1 Å². The minimum Gasteiger partial charge on any atom is -0.494 e. The van der Waals surface area contributed by atoms with E-state index in [9.17, 15) is 0 Å². The van der Waals surface area contributed by atoms with E-state index in [4.69, 9.17) is 10.5 Å². The first kappa shape index (κ1) is 13.9. The summed E-state index contributed by atoms with van der Waals surface area (Å²) in [7, 11) is 0. The number of aromatic amines is 1. The molecule has 0 fully saturated rings. The molecule has 0 bridgehead atoms. The van der Waals surface area contributed by atoms with Crippen LogP contribution in [-0.2, 0) is 0 Å². The van der Waals surface area contributed by atoms with Crippen molar-refractivity contribution in [1.29, 1.82) is 0 Å². The van der Waals surface area contributed by atoms with Gasteiger partial charge in [0.1, 0.15) is 12.1 Å². The largest absolute Gasteiger partial charge is 0.494 e. The Morgan fingerprint density at radius 2 is 2.16 bits per heavy atom. The van der Waals surface area contributed by atoms with Gasteiger partial charge < -0.3 is 10.5 Å². The Balaban J connectivity index is 1.86. The van der Waals surface area contributed by atoms with Gasteiger partial charge in [-0.1, -0.05) is 30.8 Å². The average Bonchev–Trinajstić information content (AvgIpc) is 2.96. The molecule has 102 valence electrons. The second-order valence-electron chi connectivity index (χ2n) is 4.13. The van der Waals surface area contributed by atoms with Crippen molar-refractivity contribution in [3.8, 4) is 5.75 Å². The van der Waals surface area contributed by atoms with Crippen LogP contribution in [0.5, 0.6) is 5.75 Å². The molecule has 3 N–H and O–H groups in total. The maximum Gasteiger partial charge on any atom is 0.183 e. The lowest BCUT2D eigenvalue weighted by Crippen LogP contribution is -2.13. The highest BCUT2D eigenvalue weighted by Crippen LogP contribution is 2.22. The van der Waals surface area contributed by atoms with Crippen LogP contribution < -0.4 is 10.5 Å². The molecule has 0 aliphatic carbocycles. The highest BCUT2D eigenvalue weighted by Gasteiger charge is 2.08. The van der Waals surface area contributed by atoms with E-state index in [0.717, 1.165) is 35.2 Å². The van der Waals surface area contributed by atoms with Gasteiger partial charge >= 0.3 is 0 Å². The van der Waals surface area contributed by atoms with Crippen molar-refractivity contribution in [2.75, 3.05) is 12.4 Å². The van der Waals surface area contributed by atoms with E-state index in [0.29, 0.717) is 0 Å². The zero-order chi connectivity index (χ0) is 13.5. The topological polar surface area (TPSA) is 76.8 Å². The Morgan fingerprint density at radius 1 is 1.37 bits per heavy atom. The fourth-order valence-electron chi connectivity index (χ4n) is 1.56. The summed E-state index contributed by atoms with van der Waals surface area (Å²) in [4.78, 5) is 4.05. The standard InChI is InChI=1S/C13H18N4OS/c1-2-7-18-11-5-3-10(4-6-11)12(14)8-19-13-15-9-16-17-13/h3-6,9,12H,2,7-8,14H2,1H3,(H,15,16,17). The third-order valence-electron chi connectivity index (χ3n) is 2.57. The molecule has 2 rings (SSSR count). The molecule has 1 heterocycles. The van der Waals surface area contributed by atoms with Crippen LogP contribution in [0.2, 0.25) is 0 Å². The first-order chi connectivity index (χ1) is 9.29. The summed E-state index contributed by atoms with van der Waals surface area (Å²) in [5.41, 5.74) is 7.23. The fourth-order valence-corrected chi connectivity index (χ4v) is 2.33. The van der Waals surface area contributed by atoms with Crippen LogP contribution in [0.4, 0.5) is 0 Å². The van der Waals surface area contributed by atoms with Gasteiger partial charge in [-0.2, -0.15) is 5.10 Å². The molecule has 0 aliphatic rings. The summed E-state index contributed by atoms with van der Waals surface area (Å²) in [5.74, 6) is 1.64. The van der Waals surface area contributed by atoms with E-state index in [1.54, 1.807) is 11.8 Å². The number of nitrogens with one attached hydrogen (secondary N) is 1. The lowest BCUT2D eigenvalue weighted by Gasteiger charge is -2.11. The van der Waals surface area contributed by atoms with Gasteiger partial charge in [0, 0.05) is 11.8 Å². The van der Waals surface area contributed by atoms with Gasteiger partial charge in [0.15, 0.2) is 5.16 Å². The van der Waals surface area contributed by atoms with Crippen molar-refractivity contribution in [1.82, 2.24) is 15.2 Å². The SMILES string of the molecule is CCCOc1ccc(C(N)CSc2ncn[nH]2)cc1. The number of hydrogen-bond acceptors (Lipinski definition) is 5. The van der Waals surface area contributed by atoms with Gasteiger partial charge in [-0.15, -0.1) is 0 Å². The third-order valence-corrected chi connectivity index (χ3v) is 3.57. The monoisotopic (exact) mass is 278 g/mol. The third kappa shape index (κ3) is 4.25. The first-order valence-corrected chi connectivity index (χ1v) is 7.24. The normalized spacial score (nSPS) is 12.3. The van der Waals surface area contributed by atoms with E-state index in [-0.39, 0.29) is 6.04 Å². The molecule has 1 aromatic carbocycles. The minimum atomic E-state index is -0.0321. The van der Waals surface area contributed by atoms with Crippen LogP contribution in [0.15, 0.2) is 35.7 Å². The highest BCUT2D eigenvalue weighted by atomic mass is 32.2. The molecule has 1 atom stereocenters. The molecule has 6 heteroatoms. The van der Waals surface area contributed by atoms with E-state index in [1.165, 1.54) is 6.33 Å². The van der Waals surface area contributed by atoms with Crippen molar-refractivity contribution in [2.24, 2.45) is 5.73 Å². The lowest BCUT2D eigenvalue weighted by molar-refractivity contribution is 0.317. The summed E-state index contributed by atoms with van der Waals surface area (Å²) in [6.45, 7) is 2.83. The molecule has 19 heavy (non-hydrogen) atoms. The molecule has 1 aromatic heterocycles. The van der Waals surface area contributed by atoms with Crippen LogP contribution >= 0.6 is 11.8 Å². The predicted octanol–water partition coefficient (Wildman–Crippen LogP) is 2.39. The molecule has 0 spiro atoms. The second-order valence-corrected chi connectivity index (χ2v) is 5.13. The van der Waals surface area contributed by atoms with Crippen molar-refractivity contribution < 1.29 is 4.74 Å². The van der Waals surface area contributed by atoms with Gasteiger partial charge in [0.05, 0.1) is 6.61 Å². The molecule has 1 unspecified atom stereocenters. The van der Waals surface area contributed by atoms with Crippen LogP contribution in [0.1, 0.15) is 24.9 Å². The summed E-state index contributed by atoms with van der Waals surface area (Å²) < 4.78 is 5.54. The Bertz CT molecular complexity index is 472. The smallest absolute Gasteiger partial charge is 0.183 e. The summed E-state index contributed by atoms with van der Waals surface area (Å²) >= 11 is 1.56. The highest BCUT2D eigenvalue weighted by molar-refractivity contribution is 7.99. The predicted molar refractivity (Wildman–Crippen MR) is 76.3 cm³/mol. The Hall–Kier alpha value is -1.53. The summed E-state index contributed by atoms with van der Waals surface area (Å²) in [6.07, 6.45) is 2.50. The molecule has 0 aliphatic heterocycles. The maximum absolute atomic E-state index is 6.14. The number of aromatic nitrogens is 3. The number of nitrogens with two attached hydrogens (primary N) is 1. The van der Waals surface area contributed by atoms with E-state index in [2.05, 4.69) is 22.1 Å². The van der Waals surface area contributed by atoms with Crippen LogP contribution in [0.3, 0.4) is 0 Å². The van der Waals surface area contributed by atoms with Crippen LogP contribution in [0.25, 0.3) is 0 Å². The second kappa shape index (κ2) is 7.16. The van der Waals surface area contributed by atoms with Gasteiger partial charge in [0.25, 0.3) is 0 Å². The number of benzene rings is 1. The lowest BCUT2D eigenvalue weighted by atomic mass is 10.1. The molecule has 2 aromatic rings. The van der Waals surface area contributed by atoms with Crippen LogP contribution in [-0.4, -0.2) is 27.5 Å². The van der Waals surface area contributed by atoms with Crippen molar-refractivity contribution >= 4 is 11.8 Å². The molecular weight excluding hydrogens is 260 g/mol. The molecule has 0 saturated carbocycles. The molecule has 0 saturated heterocycles. The molecular formula is C13H18N4OS. The number of nitrogens with zero attached hydrogens (tertiary/aromatic N) is 2. The minimum absolute atomic E-state index is 0.0321. The van der Waals surface area contributed by atoms with E-state index < -0.39 is 0 Å². The maximum atomic E-state index is 6.14. The van der Waals surface area contributed by atoms with Gasteiger partial charge in [0.2, 0.25) is 0 Å². The van der Waals surface area contributed by atoms with Crippen LogP contribution in [0, 0.1) is 0 Å². The van der Waals surface area contributed by atoms with Gasteiger partial charge in [-0.3, -0.25) is 5.10 Å². The van der Waals surface area contributed by atoms with Crippen molar-refractivity contribution in [2.45, 2.75) is 24.5 Å². The number of H-pyrrole nitrogens is 1. The number of rotatable bonds is 7. The Morgan fingerprint density at radius 3 is 2.79 bits per heavy atom. The van der Waals surface area contributed by atoms with Crippen molar-refractivity contribution in [3.05, 3.63) is 36.2 Å². The zero-order valence-electron chi connectivity index (χ0n) is 10.9. The molecule has 0 radical (unpaired) electrons. The number of thioether (sulfide) groups is 1. The molecule has 5 nitrogen and oxygen atoms in total. The Labute approximate surface area is 117 Å². The van der Waals surface area contributed by atoms with E-state index >= 15 is 0 Å². The number of hydrogen-bond donors (Lipinski definition) is 2. The fraction of sp³-hybridized carbons (Fsp3) is 0.385. The summed E-state index contributed by atoms with van der Waals surface area (Å²) in [5, 5.41) is 7.39. The average molecular weight is 278 g/mol. The zero-order valence-corrected chi connectivity index (χ0v) is 11.7. The Kier molecular flexibility index (Phi) is 5.23. The van der Waals surface area contributed by atoms with Crippen molar-refractivity contribution in [3.63, 3.8) is 0 Å².